The molecule has 0 N–H and O–H groups in total. The Labute approximate surface area is 479 Å². The Bertz CT molecular complexity index is 4510. The molecule has 15 rings (SSSR count). The fourth-order valence-electron chi connectivity index (χ4n) is 12.8. The zero-order valence-corrected chi connectivity index (χ0v) is 46.0. The van der Waals surface area contributed by atoms with Crippen molar-refractivity contribution in [1.82, 2.24) is 0 Å². The molecular weight excluding hydrogens is 1010 g/mol. The van der Waals surface area contributed by atoms with E-state index in [1.165, 1.54) is 65.3 Å². The van der Waals surface area contributed by atoms with Crippen LogP contribution in [0.5, 0.6) is 0 Å². The number of fused-ring (bicyclic) bond motifs is 6. The van der Waals surface area contributed by atoms with Crippen LogP contribution in [-0.4, -0.2) is 8.07 Å². The van der Waals surface area contributed by atoms with Crippen molar-refractivity contribution in [3.8, 4) is 55.6 Å². The molecule has 0 spiro atoms. The molecule has 0 atom stereocenters. The average molecular weight is 1060 g/mol. The molecule has 3 nitrogen and oxygen atoms in total. The summed E-state index contributed by atoms with van der Waals surface area (Å²) >= 11 is 0. The van der Waals surface area contributed by atoms with Crippen molar-refractivity contribution in [1.29, 1.82) is 0 Å². The van der Waals surface area contributed by atoms with Gasteiger partial charge in [0.2, 0.25) is 0 Å². The Morgan fingerprint density at radius 1 is 0.232 bits per heavy atom. The molecule has 2 heterocycles. The van der Waals surface area contributed by atoms with Crippen molar-refractivity contribution in [3.63, 3.8) is 0 Å². The van der Waals surface area contributed by atoms with Crippen molar-refractivity contribution in [2.45, 2.75) is 0 Å². The summed E-state index contributed by atoms with van der Waals surface area (Å²) in [6.07, 6.45) is 0. The Hall–Kier alpha value is -10.5. The van der Waals surface area contributed by atoms with E-state index in [-0.39, 0.29) is 0 Å². The van der Waals surface area contributed by atoms with Gasteiger partial charge in [-0.3, -0.25) is 0 Å². The first-order chi connectivity index (χ1) is 40.7. The first-order valence-electron chi connectivity index (χ1n) is 28.1. The number of benzene rings is 13. The Morgan fingerprint density at radius 3 is 1.27 bits per heavy atom. The highest BCUT2D eigenvalue weighted by atomic mass is 28.3. The van der Waals surface area contributed by atoms with Gasteiger partial charge in [-0.15, -0.1) is 0 Å². The topological polar surface area (TPSA) is 19.6 Å². The van der Waals surface area contributed by atoms with Crippen LogP contribution in [-0.2, 0) is 0 Å². The summed E-state index contributed by atoms with van der Waals surface area (Å²) in [5.41, 5.74) is 20.2. The predicted octanol–water partition coefficient (Wildman–Crippen LogP) is 18.6. The molecule has 1 aliphatic heterocycles. The lowest BCUT2D eigenvalue weighted by molar-refractivity contribution is 0.669. The van der Waals surface area contributed by atoms with Crippen molar-refractivity contribution >= 4 is 84.9 Å². The van der Waals surface area contributed by atoms with E-state index in [0.717, 1.165) is 67.2 Å². The van der Waals surface area contributed by atoms with Gasteiger partial charge in [0.15, 0.2) is 8.07 Å². The van der Waals surface area contributed by atoms with Crippen molar-refractivity contribution in [2.24, 2.45) is 0 Å². The minimum absolute atomic E-state index is 0.857. The molecule has 0 aliphatic carbocycles. The third kappa shape index (κ3) is 8.44. The summed E-state index contributed by atoms with van der Waals surface area (Å²) in [6, 6.07) is 120. The van der Waals surface area contributed by atoms with Crippen LogP contribution >= 0.6 is 0 Å². The molecule has 0 fully saturated rings. The van der Waals surface area contributed by atoms with Crippen LogP contribution in [0.2, 0.25) is 0 Å². The van der Waals surface area contributed by atoms with E-state index >= 15 is 0 Å². The van der Waals surface area contributed by atoms with Crippen molar-refractivity contribution < 1.29 is 4.42 Å². The number of furan rings is 1. The Morgan fingerprint density at radius 2 is 0.646 bits per heavy atom. The van der Waals surface area contributed by atoms with Gasteiger partial charge in [-0.1, -0.05) is 231 Å². The van der Waals surface area contributed by atoms with Gasteiger partial charge in [-0.25, -0.2) is 0 Å². The molecule has 82 heavy (non-hydrogen) atoms. The van der Waals surface area contributed by atoms with Gasteiger partial charge < -0.3 is 14.2 Å². The Kier molecular flexibility index (Phi) is 12.2. The van der Waals surface area contributed by atoms with E-state index in [0.29, 0.717) is 0 Å². The molecule has 14 aromatic rings. The summed E-state index contributed by atoms with van der Waals surface area (Å²) in [6.45, 7) is 0. The van der Waals surface area contributed by atoms with E-state index in [1.807, 2.05) is 12.1 Å². The van der Waals surface area contributed by atoms with E-state index in [2.05, 4.69) is 325 Å². The van der Waals surface area contributed by atoms with Crippen LogP contribution in [0.15, 0.2) is 332 Å². The molecular formula is C78H54N2OSi. The molecule has 386 valence electrons. The smallest absolute Gasteiger partial charge is 0.180 e. The van der Waals surface area contributed by atoms with Gasteiger partial charge in [0, 0.05) is 51.0 Å². The number of rotatable bonds is 12. The van der Waals surface area contributed by atoms with E-state index in [9.17, 15) is 0 Å². The van der Waals surface area contributed by atoms with Gasteiger partial charge >= 0.3 is 0 Å². The lowest BCUT2D eigenvalue weighted by atomic mass is 9.90. The van der Waals surface area contributed by atoms with Crippen LogP contribution in [0, 0.1) is 0 Å². The number of anilines is 6. The number of hydrogen-bond donors (Lipinski definition) is 0. The third-order valence-electron chi connectivity index (χ3n) is 16.5. The average Bonchev–Trinajstić information content (AvgIpc) is 1.98. The van der Waals surface area contributed by atoms with Gasteiger partial charge in [0.25, 0.3) is 0 Å². The van der Waals surface area contributed by atoms with Crippen LogP contribution in [0.1, 0.15) is 0 Å². The maximum Gasteiger partial charge on any atom is 0.180 e. The minimum atomic E-state index is -2.99. The molecule has 0 saturated heterocycles. The molecule has 4 heteroatoms. The van der Waals surface area contributed by atoms with E-state index < -0.39 is 8.07 Å². The quantitative estimate of drug-likeness (QED) is 0.114. The number of hydrogen-bond acceptors (Lipinski definition) is 3. The summed E-state index contributed by atoms with van der Waals surface area (Å²) in [5.74, 6) is 0. The largest absolute Gasteiger partial charge is 0.456 e. The van der Waals surface area contributed by atoms with Crippen LogP contribution < -0.4 is 30.5 Å². The molecule has 13 aromatic carbocycles. The molecule has 0 amide bonds. The SMILES string of the molecule is c1ccc(-c2cccc(N(c3ccc(-c4cc(-c5ccccc5)c5c(c4)[Si](c4ccccc4)(c4ccccc4)c4ccc(-c6ccc(N(c7ccccc7)c7ccccc7)cc6)cc4-5)cc3)c3ccc4c(c3)oc3ccccc34)c2)cc1. The van der Waals surface area contributed by atoms with Crippen LogP contribution in [0.25, 0.3) is 77.6 Å². The first-order valence-corrected chi connectivity index (χ1v) is 30.1. The molecule has 1 aliphatic rings. The number of para-hydroxylation sites is 3. The van der Waals surface area contributed by atoms with E-state index in [4.69, 9.17) is 4.42 Å². The predicted molar refractivity (Wildman–Crippen MR) is 347 cm³/mol. The summed E-state index contributed by atoms with van der Waals surface area (Å²) in [7, 11) is -2.99. The second kappa shape index (κ2) is 20.6. The highest BCUT2D eigenvalue weighted by Crippen LogP contribution is 2.44. The third-order valence-corrected chi connectivity index (χ3v) is 21.4. The second-order valence-electron chi connectivity index (χ2n) is 21.2. The zero-order valence-electron chi connectivity index (χ0n) is 45.0. The van der Waals surface area contributed by atoms with Gasteiger partial charge in [-0.2, -0.15) is 0 Å². The van der Waals surface area contributed by atoms with Crippen LogP contribution in [0.4, 0.5) is 34.1 Å². The summed E-state index contributed by atoms with van der Waals surface area (Å²) < 4.78 is 6.52. The monoisotopic (exact) mass is 1060 g/mol. The second-order valence-corrected chi connectivity index (χ2v) is 24.9. The summed E-state index contributed by atoms with van der Waals surface area (Å²) in [4.78, 5) is 4.68. The lowest BCUT2D eigenvalue weighted by Crippen LogP contribution is -2.72. The molecule has 1 aromatic heterocycles. The van der Waals surface area contributed by atoms with Gasteiger partial charge in [0.1, 0.15) is 11.2 Å². The lowest BCUT2D eigenvalue weighted by Gasteiger charge is -2.32. The standard InChI is InChI=1S/C78H54N2OSi/c1-7-22-55(23-8-1)59-26-21-31-66(50-59)80(67-47-48-71-70-36-19-20-37-74(70)81-75(71)54-67)65-45-40-57(41-46-65)61-52-72(58-24-9-2-10-25-58)78-73-51-60(56-38-43-64(44-39-56)79(62-27-11-3-12-28-62)63-29-13-4-14-30-63)42-49-76(73)82(77(78)53-61,68-32-15-5-16-33-68)69-34-17-6-18-35-69/h1-54H. The summed E-state index contributed by atoms with van der Waals surface area (Å²) in [5, 5.41) is 7.74. The fraction of sp³-hybridized carbons (Fsp3) is 0. The normalized spacial score (nSPS) is 12.2. The van der Waals surface area contributed by atoms with Crippen molar-refractivity contribution in [3.05, 3.63) is 328 Å². The molecule has 0 saturated carbocycles. The zero-order chi connectivity index (χ0) is 54.4. The van der Waals surface area contributed by atoms with Gasteiger partial charge in [-0.05, 0) is 167 Å². The van der Waals surface area contributed by atoms with Crippen LogP contribution in [0.3, 0.4) is 0 Å². The fourth-order valence-corrected chi connectivity index (χ4v) is 18.0. The maximum atomic E-state index is 6.52. The van der Waals surface area contributed by atoms with Gasteiger partial charge in [0.05, 0.1) is 0 Å². The minimum Gasteiger partial charge on any atom is -0.456 e. The first kappa shape index (κ1) is 48.6. The maximum absolute atomic E-state index is 6.52. The molecule has 0 unspecified atom stereocenters. The highest BCUT2D eigenvalue weighted by molar-refractivity contribution is 7.22. The van der Waals surface area contributed by atoms with E-state index in [1.54, 1.807) is 0 Å². The molecule has 0 radical (unpaired) electrons. The number of nitrogens with zero attached hydrogens (tertiary/aromatic N) is 2. The molecule has 0 bridgehead atoms. The Balaban J connectivity index is 0.899. The van der Waals surface area contributed by atoms with Crippen molar-refractivity contribution in [2.75, 3.05) is 9.80 Å². The highest BCUT2D eigenvalue weighted by Gasteiger charge is 2.50.